The molecular weight excluding hydrogens is 285 g/mol. The molecule has 3 rings (SSSR count). The lowest BCUT2D eigenvalue weighted by molar-refractivity contribution is -0.117. The van der Waals surface area contributed by atoms with Crippen molar-refractivity contribution in [2.24, 2.45) is 0 Å². The molecule has 1 amide bonds. The second-order valence-corrected chi connectivity index (χ2v) is 6.59. The van der Waals surface area contributed by atoms with Crippen LogP contribution in [-0.4, -0.2) is 22.6 Å². The number of halogens is 1. The topological polar surface area (TPSA) is 59.2 Å². The Morgan fingerprint density at radius 3 is 2.55 bits per heavy atom. The number of carbonyl (C=O) groups excluding carboxylic acids is 1. The monoisotopic (exact) mass is 303 g/mol. The zero-order valence-electron chi connectivity index (χ0n) is 12.8. The van der Waals surface area contributed by atoms with Crippen molar-refractivity contribution >= 4 is 11.6 Å². The summed E-state index contributed by atoms with van der Waals surface area (Å²) in [5.41, 5.74) is 0.491. The van der Waals surface area contributed by atoms with Crippen LogP contribution in [0, 0.1) is 5.82 Å². The highest BCUT2D eigenvalue weighted by Crippen LogP contribution is 2.32. The highest BCUT2D eigenvalue weighted by Gasteiger charge is 2.36. The molecule has 2 aromatic rings. The highest BCUT2D eigenvalue weighted by molar-refractivity contribution is 5.96. The van der Waals surface area contributed by atoms with Crippen molar-refractivity contribution in [3.63, 3.8) is 0 Å². The first-order valence-electron chi connectivity index (χ1n) is 7.24. The fourth-order valence-electron chi connectivity index (χ4n) is 2.45. The van der Waals surface area contributed by atoms with Gasteiger partial charge in [0.1, 0.15) is 5.82 Å². The van der Waals surface area contributed by atoms with Gasteiger partial charge in [0.05, 0.1) is 5.92 Å². The molecule has 116 valence electrons. The summed E-state index contributed by atoms with van der Waals surface area (Å²) in [5.74, 6) is 0.657. The second-order valence-electron chi connectivity index (χ2n) is 6.59. The van der Waals surface area contributed by atoms with Gasteiger partial charge in [0.25, 0.3) is 0 Å². The molecule has 6 heteroatoms. The Morgan fingerprint density at radius 1 is 1.27 bits per heavy atom. The number of benzene rings is 1. The number of carbonyl (C=O) groups is 1. The third kappa shape index (κ3) is 2.73. The van der Waals surface area contributed by atoms with Crippen LogP contribution in [0.5, 0.6) is 0 Å². The van der Waals surface area contributed by atoms with Gasteiger partial charge in [0.15, 0.2) is 5.82 Å². The minimum Gasteiger partial charge on any atom is -0.339 e. The van der Waals surface area contributed by atoms with Crippen LogP contribution in [0.3, 0.4) is 0 Å². The molecule has 0 spiro atoms. The fourth-order valence-corrected chi connectivity index (χ4v) is 2.45. The predicted octanol–water partition coefficient (Wildman–Crippen LogP) is 3.03. The minimum absolute atomic E-state index is 0.0212. The van der Waals surface area contributed by atoms with Crippen LogP contribution in [0.25, 0.3) is 0 Å². The summed E-state index contributed by atoms with van der Waals surface area (Å²) in [5, 5.41) is 4.00. The van der Waals surface area contributed by atoms with Crippen LogP contribution in [0.2, 0.25) is 0 Å². The number of aromatic nitrogens is 2. The SMILES string of the molecule is CC(C)(C)c1noc(C2CC(=O)N(c3ccc(F)cc3)C2)n1. The van der Waals surface area contributed by atoms with Crippen LogP contribution >= 0.6 is 0 Å². The summed E-state index contributed by atoms with van der Waals surface area (Å²) >= 11 is 0. The molecule has 1 unspecified atom stereocenters. The van der Waals surface area contributed by atoms with Crippen LogP contribution in [0.4, 0.5) is 10.1 Å². The van der Waals surface area contributed by atoms with Gasteiger partial charge in [-0.3, -0.25) is 4.79 Å². The van der Waals surface area contributed by atoms with E-state index in [0.29, 0.717) is 30.4 Å². The van der Waals surface area contributed by atoms with E-state index in [1.54, 1.807) is 17.0 Å². The molecule has 0 radical (unpaired) electrons. The molecule has 0 aliphatic carbocycles. The normalized spacial score (nSPS) is 19.0. The molecule has 1 aromatic heterocycles. The van der Waals surface area contributed by atoms with Gasteiger partial charge in [0.2, 0.25) is 11.8 Å². The van der Waals surface area contributed by atoms with Crippen molar-refractivity contribution in [3.8, 4) is 0 Å². The smallest absolute Gasteiger partial charge is 0.232 e. The molecule has 0 saturated carbocycles. The maximum atomic E-state index is 13.0. The average molecular weight is 303 g/mol. The quantitative estimate of drug-likeness (QED) is 0.855. The van der Waals surface area contributed by atoms with Gasteiger partial charge in [-0.05, 0) is 24.3 Å². The Balaban J connectivity index is 1.80. The molecule has 2 heterocycles. The summed E-state index contributed by atoms with van der Waals surface area (Å²) < 4.78 is 18.3. The highest BCUT2D eigenvalue weighted by atomic mass is 19.1. The number of rotatable bonds is 2. The third-order valence-corrected chi connectivity index (χ3v) is 3.73. The molecular formula is C16H18FN3O2. The summed E-state index contributed by atoms with van der Waals surface area (Å²) in [6.07, 6.45) is 0.323. The largest absolute Gasteiger partial charge is 0.339 e. The molecule has 0 bridgehead atoms. The summed E-state index contributed by atoms with van der Waals surface area (Å²) in [6.45, 7) is 6.49. The van der Waals surface area contributed by atoms with E-state index in [2.05, 4.69) is 10.1 Å². The molecule has 1 atom stereocenters. The summed E-state index contributed by atoms with van der Waals surface area (Å²) in [7, 11) is 0. The van der Waals surface area contributed by atoms with Crippen molar-refractivity contribution in [1.29, 1.82) is 0 Å². The third-order valence-electron chi connectivity index (χ3n) is 3.73. The predicted molar refractivity (Wildman–Crippen MR) is 79.1 cm³/mol. The molecule has 1 fully saturated rings. The zero-order chi connectivity index (χ0) is 15.9. The molecule has 1 aliphatic heterocycles. The Kier molecular flexibility index (Phi) is 3.47. The van der Waals surface area contributed by atoms with E-state index < -0.39 is 0 Å². The number of hydrogen-bond acceptors (Lipinski definition) is 4. The van der Waals surface area contributed by atoms with Crippen molar-refractivity contribution in [2.75, 3.05) is 11.4 Å². The van der Waals surface area contributed by atoms with Gasteiger partial charge >= 0.3 is 0 Å². The standard InChI is InChI=1S/C16H18FN3O2/c1-16(2,3)15-18-14(22-19-15)10-8-13(21)20(9-10)12-6-4-11(17)5-7-12/h4-7,10H,8-9H2,1-3H3. The summed E-state index contributed by atoms with van der Waals surface area (Å²) in [4.78, 5) is 18.2. The first-order valence-corrected chi connectivity index (χ1v) is 7.24. The van der Waals surface area contributed by atoms with Crippen molar-refractivity contribution in [1.82, 2.24) is 10.1 Å². The fraction of sp³-hybridized carbons (Fsp3) is 0.438. The zero-order valence-corrected chi connectivity index (χ0v) is 12.8. The lowest BCUT2D eigenvalue weighted by atomic mass is 9.96. The molecule has 5 nitrogen and oxygen atoms in total. The first-order chi connectivity index (χ1) is 10.3. The summed E-state index contributed by atoms with van der Waals surface area (Å²) in [6, 6.07) is 5.90. The molecule has 1 saturated heterocycles. The number of nitrogens with zero attached hydrogens (tertiary/aromatic N) is 3. The van der Waals surface area contributed by atoms with E-state index in [0.717, 1.165) is 0 Å². The maximum Gasteiger partial charge on any atom is 0.232 e. The Labute approximate surface area is 128 Å². The number of anilines is 1. The lowest BCUT2D eigenvalue weighted by Gasteiger charge is -2.15. The molecule has 1 aromatic carbocycles. The Hall–Kier alpha value is -2.24. The first kappa shape index (κ1) is 14.7. The maximum absolute atomic E-state index is 13.0. The van der Waals surface area contributed by atoms with E-state index in [4.69, 9.17) is 4.52 Å². The van der Waals surface area contributed by atoms with Crippen molar-refractivity contribution < 1.29 is 13.7 Å². The van der Waals surface area contributed by atoms with Crippen LogP contribution in [0.1, 0.15) is 44.8 Å². The Morgan fingerprint density at radius 2 is 1.95 bits per heavy atom. The minimum atomic E-state index is -0.321. The van der Waals surface area contributed by atoms with Gasteiger partial charge in [-0.15, -0.1) is 0 Å². The van der Waals surface area contributed by atoms with Crippen LogP contribution in [-0.2, 0) is 10.2 Å². The molecule has 22 heavy (non-hydrogen) atoms. The second kappa shape index (κ2) is 5.19. The van der Waals surface area contributed by atoms with Gasteiger partial charge in [-0.25, -0.2) is 4.39 Å². The van der Waals surface area contributed by atoms with Crippen molar-refractivity contribution in [3.05, 3.63) is 41.8 Å². The Bertz CT molecular complexity index is 688. The van der Waals surface area contributed by atoms with Gasteiger partial charge < -0.3 is 9.42 Å². The average Bonchev–Trinajstić information content (AvgIpc) is 3.05. The van der Waals surface area contributed by atoms with E-state index in [9.17, 15) is 9.18 Å². The molecule has 1 aliphatic rings. The van der Waals surface area contributed by atoms with E-state index in [-0.39, 0.29) is 23.1 Å². The van der Waals surface area contributed by atoms with Gasteiger partial charge in [-0.2, -0.15) is 4.98 Å². The molecule has 0 N–H and O–H groups in total. The lowest BCUT2D eigenvalue weighted by Crippen LogP contribution is -2.24. The number of amides is 1. The van der Waals surface area contributed by atoms with E-state index >= 15 is 0 Å². The van der Waals surface area contributed by atoms with E-state index in [1.807, 2.05) is 20.8 Å². The van der Waals surface area contributed by atoms with E-state index in [1.165, 1.54) is 12.1 Å². The van der Waals surface area contributed by atoms with Gasteiger partial charge in [-0.1, -0.05) is 25.9 Å². The van der Waals surface area contributed by atoms with Crippen LogP contribution < -0.4 is 4.90 Å². The van der Waals surface area contributed by atoms with Crippen molar-refractivity contribution in [2.45, 2.75) is 38.5 Å². The van der Waals surface area contributed by atoms with Gasteiger partial charge in [0, 0.05) is 24.1 Å². The van der Waals surface area contributed by atoms with Crippen LogP contribution in [0.15, 0.2) is 28.8 Å². The number of hydrogen-bond donors (Lipinski definition) is 0.